The number of anilines is 1. The van der Waals surface area contributed by atoms with Gasteiger partial charge in [-0.25, -0.2) is 15.0 Å². The smallest absolute Gasteiger partial charge is 0.150 e. The first kappa shape index (κ1) is 24.5. The number of rotatable bonds is 9. The van der Waals surface area contributed by atoms with Crippen LogP contribution in [0.4, 0.5) is 5.82 Å². The molecule has 3 heterocycles. The number of hydrogen-bond donors (Lipinski definition) is 2. The van der Waals surface area contributed by atoms with E-state index in [1.54, 1.807) is 6.20 Å². The summed E-state index contributed by atoms with van der Waals surface area (Å²) in [5.74, 6) is 1.99. The van der Waals surface area contributed by atoms with Gasteiger partial charge in [0.1, 0.15) is 22.9 Å². The molecule has 1 aliphatic rings. The van der Waals surface area contributed by atoms with Crippen molar-refractivity contribution in [3.05, 3.63) is 78.9 Å². The standard InChI is InChI=1S/C31H35N7/c1-3-15-37(16-13-33-2)25-18-24(19-25)31-36-28(29-30(32)34-14-17-38(29)31)23-10-9-22-11-12-26(35-27(22)20-23)21-7-5-4-6-8-21/h4-12,14,17,20,24-25,33H,3,13,15-16,18-19H2,1-2H3,(H2,32,34). The van der Waals surface area contributed by atoms with Gasteiger partial charge in [0.15, 0.2) is 0 Å². The molecule has 0 radical (unpaired) electrons. The van der Waals surface area contributed by atoms with Crippen LogP contribution in [0, 0.1) is 0 Å². The fourth-order valence-electron chi connectivity index (χ4n) is 5.73. The Hall–Kier alpha value is -3.81. The maximum absolute atomic E-state index is 6.45. The van der Waals surface area contributed by atoms with Crippen LogP contribution in [0.15, 0.2) is 73.1 Å². The third-order valence-electron chi connectivity index (χ3n) is 7.80. The molecule has 3 aromatic heterocycles. The zero-order valence-corrected chi connectivity index (χ0v) is 22.1. The van der Waals surface area contributed by atoms with E-state index in [-0.39, 0.29) is 0 Å². The van der Waals surface area contributed by atoms with Crippen LogP contribution in [0.5, 0.6) is 0 Å². The molecule has 5 aromatic rings. The fraction of sp³-hybridized carbons (Fsp3) is 0.323. The zero-order chi connectivity index (χ0) is 26.1. The summed E-state index contributed by atoms with van der Waals surface area (Å²) in [6.07, 6.45) is 7.18. The summed E-state index contributed by atoms with van der Waals surface area (Å²) < 4.78 is 2.16. The lowest BCUT2D eigenvalue weighted by Crippen LogP contribution is -2.46. The molecule has 1 fully saturated rings. The SMILES string of the molecule is CCCN(CCNC)C1CC(c2nc(-c3ccc4ccc(-c5ccccc5)nc4c3)c3c(N)nccn23)C1. The summed E-state index contributed by atoms with van der Waals surface area (Å²) >= 11 is 0. The van der Waals surface area contributed by atoms with Crippen molar-refractivity contribution in [1.29, 1.82) is 0 Å². The third kappa shape index (κ3) is 4.52. The molecule has 0 aliphatic heterocycles. The summed E-state index contributed by atoms with van der Waals surface area (Å²) in [6, 6.07) is 21.5. The number of aromatic nitrogens is 4. The third-order valence-corrected chi connectivity index (χ3v) is 7.80. The fourth-order valence-corrected chi connectivity index (χ4v) is 5.73. The van der Waals surface area contributed by atoms with Gasteiger partial charge in [0.2, 0.25) is 0 Å². The molecule has 6 rings (SSSR count). The molecule has 38 heavy (non-hydrogen) atoms. The van der Waals surface area contributed by atoms with Gasteiger partial charge in [-0.15, -0.1) is 0 Å². The summed E-state index contributed by atoms with van der Waals surface area (Å²) in [5.41, 5.74) is 12.2. The Morgan fingerprint density at radius 3 is 2.61 bits per heavy atom. The van der Waals surface area contributed by atoms with Crippen molar-refractivity contribution < 1.29 is 0 Å². The number of nitrogens with zero attached hydrogens (tertiary/aromatic N) is 5. The number of imidazole rings is 1. The second kappa shape index (κ2) is 10.5. The van der Waals surface area contributed by atoms with Gasteiger partial charge in [-0.2, -0.15) is 0 Å². The highest BCUT2D eigenvalue weighted by Crippen LogP contribution is 2.42. The molecule has 0 saturated heterocycles. The van der Waals surface area contributed by atoms with E-state index in [1.165, 1.54) is 6.42 Å². The van der Waals surface area contributed by atoms with E-state index in [4.69, 9.17) is 15.7 Å². The number of pyridine rings is 1. The Bertz CT molecular complexity index is 1550. The Kier molecular flexibility index (Phi) is 6.79. The van der Waals surface area contributed by atoms with Crippen LogP contribution in [-0.4, -0.2) is 57.0 Å². The average molecular weight is 506 g/mol. The van der Waals surface area contributed by atoms with Crippen LogP contribution in [0.3, 0.4) is 0 Å². The Balaban J connectivity index is 1.35. The van der Waals surface area contributed by atoms with Crippen LogP contribution in [0.25, 0.3) is 38.9 Å². The van der Waals surface area contributed by atoms with Crippen molar-refractivity contribution in [2.24, 2.45) is 0 Å². The molecule has 0 spiro atoms. The molecule has 1 aliphatic carbocycles. The molecule has 194 valence electrons. The molecule has 2 aromatic carbocycles. The Morgan fingerprint density at radius 1 is 1.00 bits per heavy atom. The maximum atomic E-state index is 6.45. The number of nitrogens with two attached hydrogens (primary N) is 1. The molecular weight excluding hydrogens is 470 g/mol. The van der Waals surface area contributed by atoms with Gasteiger partial charge in [0.25, 0.3) is 0 Å². The van der Waals surface area contributed by atoms with Crippen molar-refractivity contribution in [1.82, 2.24) is 29.6 Å². The lowest BCUT2D eigenvalue weighted by atomic mass is 9.78. The molecular formula is C31H35N7. The first-order valence-corrected chi connectivity index (χ1v) is 13.6. The summed E-state index contributed by atoms with van der Waals surface area (Å²) in [5, 5.41) is 4.40. The monoisotopic (exact) mass is 505 g/mol. The predicted octanol–water partition coefficient (Wildman–Crippen LogP) is 5.37. The van der Waals surface area contributed by atoms with Gasteiger partial charge in [-0.3, -0.25) is 9.30 Å². The molecule has 0 bridgehead atoms. The van der Waals surface area contributed by atoms with Crippen LogP contribution < -0.4 is 11.1 Å². The Morgan fingerprint density at radius 2 is 1.82 bits per heavy atom. The molecule has 1 saturated carbocycles. The number of hydrogen-bond acceptors (Lipinski definition) is 6. The Labute approximate surface area is 223 Å². The minimum atomic E-state index is 0.403. The van der Waals surface area contributed by atoms with Gasteiger partial charge in [0.05, 0.1) is 11.2 Å². The molecule has 0 atom stereocenters. The van der Waals surface area contributed by atoms with Crippen molar-refractivity contribution in [2.45, 2.75) is 38.1 Å². The van der Waals surface area contributed by atoms with E-state index in [2.05, 4.69) is 69.0 Å². The van der Waals surface area contributed by atoms with Crippen molar-refractivity contribution in [3.8, 4) is 22.5 Å². The summed E-state index contributed by atoms with van der Waals surface area (Å²) in [6.45, 7) is 5.50. The number of benzene rings is 2. The lowest BCUT2D eigenvalue weighted by molar-refractivity contribution is 0.107. The van der Waals surface area contributed by atoms with E-state index in [9.17, 15) is 0 Å². The summed E-state index contributed by atoms with van der Waals surface area (Å²) in [7, 11) is 2.02. The zero-order valence-electron chi connectivity index (χ0n) is 22.1. The number of nitrogen functional groups attached to an aromatic ring is 1. The number of likely N-dealkylation sites (N-methyl/N-ethyl adjacent to an activating group) is 1. The normalized spacial score (nSPS) is 17.3. The second-order valence-corrected chi connectivity index (χ2v) is 10.3. The molecule has 0 amide bonds. The van der Waals surface area contributed by atoms with Crippen LogP contribution in [-0.2, 0) is 0 Å². The molecule has 0 unspecified atom stereocenters. The maximum Gasteiger partial charge on any atom is 0.150 e. The van der Waals surface area contributed by atoms with E-state index in [0.29, 0.717) is 17.8 Å². The molecule has 7 heteroatoms. The quantitative estimate of drug-likeness (QED) is 0.280. The van der Waals surface area contributed by atoms with Gasteiger partial charge in [-0.1, -0.05) is 55.5 Å². The average Bonchev–Trinajstić information content (AvgIpc) is 3.31. The predicted molar refractivity (Wildman–Crippen MR) is 155 cm³/mol. The number of nitrogens with one attached hydrogen (secondary N) is 1. The van der Waals surface area contributed by atoms with E-state index < -0.39 is 0 Å². The van der Waals surface area contributed by atoms with E-state index >= 15 is 0 Å². The van der Waals surface area contributed by atoms with Crippen LogP contribution in [0.2, 0.25) is 0 Å². The highest BCUT2D eigenvalue weighted by atomic mass is 15.2. The minimum Gasteiger partial charge on any atom is -0.382 e. The van der Waals surface area contributed by atoms with Crippen LogP contribution in [0.1, 0.15) is 37.9 Å². The highest BCUT2D eigenvalue weighted by molar-refractivity contribution is 5.91. The first-order valence-electron chi connectivity index (χ1n) is 13.6. The van der Waals surface area contributed by atoms with Gasteiger partial charge in [0, 0.05) is 54.0 Å². The van der Waals surface area contributed by atoms with Crippen LogP contribution >= 0.6 is 0 Å². The van der Waals surface area contributed by atoms with Gasteiger partial charge < -0.3 is 11.1 Å². The summed E-state index contributed by atoms with van der Waals surface area (Å²) in [4.78, 5) is 17.2. The molecule has 7 nitrogen and oxygen atoms in total. The van der Waals surface area contributed by atoms with Crippen molar-refractivity contribution in [2.75, 3.05) is 32.4 Å². The van der Waals surface area contributed by atoms with Gasteiger partial charge in [-0.05, 0) is 45.0 Å². The van der Waals surface area contributed by atoms with Gasteiger partial charge >= 0.3 is 0 Å². The van der Waals surface area contributed by atoms with E-state index in [0.717, 1.165) is 77.2 Å². The molecule has 3 N–H and O–H groups in total. The second-order valence-electron chi connectivity index (χ2n) is 10.3. The highest BCUT2D eigenvalue weighted by Gasteiger charge is 2.37. The number of fused-ring (bicyclic) bond motifs is 2. The minimum absolute atomic E-state index is 0.403. The van der Waals surface area contributed by atoms with Crippen molar-refractivity contribution >= 4 is 22.2 Å². The van der Waals surface area contributed by atoms with Crippen molar-refractivity contribution in [3.63, 3.8) is 0 Å². The topological polar surface area (TPSA) is 84.4 Å². The largest absolute Gasteiger partial charge is 0.382 e. The van der Waals surface area contributed by atoms with E-state index in [1.807, 2.05) is 31.4 Å². The first-order chi connectivity index (χ1) is 18.7. The lowest BCUT2D eigenvalue weighted by Gasteiger charge is -2.42.